The summed E-state index contributed by atoms with van der Waals surface area (Å²) in [4.78, 5) is 10.5. The summed E-state index contributed by atoms with van der Waals surface area (Å²) in [5, 5.41) is 22.2. The topological polar surface area (TPSA) is 86.8 Å². The monoisotopic (exact) mass is 394 g/mol. The number of halogens is 1. The lowest BCUT2D eigenvalue weighted by Gasteiger charge is -2.35. The number of aromatic nitrogens is 5. The number of pyridine rings is 1. The molecule has 0 N–H and O–H groups in total. The predicted octanol–water partition coefficient (Wildman–Crippen LogP) is 1.95. The van der Waals surface area contributed by atoms with Crippen LogP contribution >= 0.6 is 11.6 Å². The molecule has 0 atom stereocenters. The Balaban J connectivity index is 1.28. The predicted molar refractivity (Wildman–Crippen MR) is 105 cm³/mol. The lowest BCUT2D eigenvalue weighted by atomic mass is 10.2. The van der Waals surface area contributed by atoms with Crippen molar-refractivity contribution in [2.24, 2.45) is 0 Å². The highest BCUT2D eigenvalue weighted by molar-refractivity contribution is 6.30. The Hall–Kier alpha value is -3.02. The van der Waals surface area contributed by atoms with E-state index in [0.717, 1.165) is 56.5 Å². The van der Waals surface area contributed by atoms with Crippen LogP contribution < -0.4 is 4.90 Å². The SMILES string of the molecule is N#Cc1ccc(N2CCN(CCc3nnn(-c4cccc(Cl)c4)n3)CC2)nc1. The highest BCUT2D eigenvalue weighted by Crippen LogP contribution is 2.15. The van der Waals surface area contributed by atoms with Crippen molar-refractivity contribution in [3.05, 3.63) is 59.0 Å². The van der Waals surface area contributed by atoms with Crippen LogP contribution in [0.4, 0.5) is 5.82 Å². The largest absolute Gasteiger partial charge is 0.354 e. The lowest BCUT2D eigenvalue weighted by Crippen LogP contribution is -2.47. The molecule has 1 aliphatic rings. The second-order valence-electron chi connectivity index (χ2n) is 6.57. The summed E-state index contributed by atoms with van der Waals surface area (Å²) in [5.41, 5.74) is 1.38. The van der Waals surface area contributed by atoms with Crippen LogP contribution in [0.2, 0.25) is 5.02 Å². The minimum atomic E-state index is 0.584. The molecular formula is C19H19ClN8. The maximum atomic E-state index is 8.87. The van der Waals surface area contributed by atoms with Crippen LogP contribution in [0.15, 0.2) is 42.6 Å². The number of anilines is 1. The van der Waals surface area contributed by atoms with Gasteiger partial charge in [-0.05, 0) is 35.5 Å². The quantitative estimate of drug-likeness (QED) is 0.653. The Kier molecular flexibility index (Phi) is 5.46. The number of tetrazole rings is 1. The van der Waals surface area contributed by atoms with E-state index in [1.807, 2.05) is 36.4 Å². The van der Waals surface area contributed by atoms with Crippen molar-refractivity contribution in [1.29, 1.82) is 5.26 Å². The first-order valence-corrected chi connectivity index (χ1v) is 9.47. The molecule has 0 spiro atoms. The third kappa shape index (κ3) is 4.27. The number of nitriles is 1. The van der Waals surface area contributed by atoms with Gasteiger partial charge in [0.15, 0.2) is 5.82 Å². The summed E-state index contributed by atoms with van der Waals surface area (Å²) in [6.45, 7) is 4.59. The van der Waals surface area contributed by atoms with Gasteiger partial charge in [0.05, 0.1) is 11.3 Å². The zero-order valence-electron chi connectivity index (χ0n) is 15.2. The van der Waals surface area contributed by atoms with Crippen molar-refractivity contribution in [1.82, 2.24) is 30.1 Å². The zero-order valence-corrected chi connectivity index (χ0v) is 16.0. The Morgan fingerprint density at radius 3 is 2.68 bits per heavy atom. The fourth-order valence-corrected chi connectivity index (χ4v) is 3.34. The molecule has 0 aliphatic carbocycles. The lowest BCUT2D eigenvalue weighted by molar-refractivity contribution is 0.259. The molecule has 1 aromatic carbocycles. The third-order valence-corrected chi connectivity index (χ3v) is 4.95. The van der Waals surface area contributed by atoms with E-state index in [1.165, 1.54) is 4.80 Å². The maximum Gasteiger partial charge on any atom is 0.176 e. The van der Waals surface area contributed by atoms with E-state index in [9.17, 15) is 0 Å². The molecule has 0 saturated carbocycles. The summed E-state index contributed by atoms with van der Waals surface area (Å²) >= 11 is 6.02. The summed E-state index contributed by atoms with van der Waals surface area (Å²) in [5.74, 6) is 1.64. The normalized spacial score (nSPS) is 14.8. The van der Waals surface area contributed by atoms with Gasteiger partial charge < -0.3 is 4.90 Å². The minimum Gasteiger partial charge on any atom is -0.354 e. The second-order valence-corrected chi connectivity index (χ2v) is 7.01. The third-order valence-electron chi connectivity index (χ3n) is 4.72. The molecule has 0 radical (unpaired) electrons. The van der Waals surface area contributed by atoms with Crippen LogP contribution in [0.3, 0.4) is 0 Å². The molecule has 0 amide bonds. The summed E-state index contributed by atoms with van der Waals surface area (Å²) in [6.07, 6.45) is 2.37. The van der Waals surface area contributed by atoms with E-state index in [4.69, 9.17) is 16.9 Å². The van der Waals surface area contributed by atoms with E-state index in [1.54, 1.807) is 6.20 Å². The Bertz CT molecular complexity index is 970. The average Bonchev–Trinajstić information content (AvgIpc) is 3.22. The Morgan fingerprint density at radius 2 is 1.96 bits per heavy atom. The van der Waals surface area contributed by atoms with Gasteiger partial charge >= 0.3 is 0 Å². The van der Waals surface area contributed by atoms with Gasteiger partial charge in [0.25, 0.3) is 0 Å². The molecule has 8 nitrogen and oxygen atoms in total. The van der Waals surface area contributed by atoms with Crippen molar-refractivity contribution < 1.29 is 0 Å². The summed E-state index contributed by atoms with van der Waals surface area (Å²) in [7, 11) is 0. The number of nitrogens with zero attached hydrogens (tertiary/aromatic N) is 8. The molecule has 0 unspecified atom stereocenters. The molecule has 1 aliphatic heterocycles. The molecule has 0 bridgehead atoms. The zero-order chi connectivity index (χ0) is 19.3. The van der Waals surface area contributed by atoms with Gasteiger partial charge in [-0.2, -0.15) is 5.26 Å². The molecule has 142 valence electrons. The average molecular weight is 395 g/mol. The Morgan fingerprint density at radius 1 is 1.11 bits per heavy atom. The molecule has 3 heterocycles. The molecule has 2 aromatic heterocycles. The first kappa shape index (κ1) is 18.3. The molecule has 3 aromatic rings. The number of benzene rings is 1. The smallest absolute Gasteiger partial charge is 0.176 e. The van der Waals surface area contributed by atoms with Crippen molar-refractivity contribution in [3.8, 4) is 11.8 Å². The van der Waals surface area contributed by atoms with Gasteiger partial charge in [-0.15, -0.1) is 15.0 Å². The van der Waals surface area contributed by atoms with Crippen LogP contribution in [-0.4, -0.2) is 62.8 Å². The number of hydrogen-bond acceptors (Lipinski definition) is 7. The van der Waals surface area contributed by atoms with Crippen LogP contribution in [-0.2, 0) is 6.42 Å². The van der Waals surface area contributed by atoms with Crippen LogP contribution in [0.1, 0.15) is 11.4 Å². The van der Waals surface area contributed by atoms with Gasteiger partial charge in [0.1, 0.15) is 11.9 Å². The minimum absolute atomic E-state index is 0.584. The van der Waals surface area contributed by atoms with Crippen LogP contribution in [0.5, 0.6) is 0 Å². The molecule has 4 rings (SSSR count). The number of piperazine rings is 1. The molecule has 28 heavy (non-hydrogen) atoms. The van der Waals surface area contributed by atoms with E-state index in [0.29, 0.717) is 10.6 Å². The van der Waals surface area contributed by atoms with E-state index in [2.05, 4.69) is 36.3 Å². The highest BCUT2D eigenvalue weighted by Gasteiger charge is 2.18. The highest BCUT2D eigenvalue weighted by atomic mass is 35.5. The van der Waals surface area contributed by atoms with Crippen molar-refractivity contribution in [3.63, 3.8) is 0 Å². The first-order chi connectivity index (χ1) is 13.7. The molecule has 9 heteroatoms. The van der Waals surface area contributed by atoms with Gasteiger partial charge in [-0.1, -0.05) is 17.7 Å². The maximum absolute atomic E-state index is 8.87. The van der Waals surface area contributed by atoms with Crippen LogP contribution in [0, 0.1) is 11.3 Å². The van der Waals surface area contributed by atoms with Gasteiger partial charge in [-0.3, -0.25) is 4.90 Å². The van der Waals surface area contributed by atoms with Crippen LogP contribution in [0.25, 0.3) is 5.69 Å². The van der Waals surface area contributed by atoms with Gasteiger partial charge in [0.2, 0.25) is 0 Å². The first-order valence-electron chi connectivity index (χ1n) is 9.09. The van der Waals surface area contributed by atoms with Crippen molar-refractivity contribution >= 4 is 17.4 Å². The fraction of sp³-hybridized carbons (Fsp3) is 0.316. The standard InChI is InChI=1S/C19H19ClN8/c20-16-2-1-3-17(12-16)28-24-18(23-25-28)6-7-26-8-10-27(11-9-26)19-5-4-15(13-21)14-22-19/h1-5,12,14H,6-11H2. The molecule has 1 fully saturated rings. The van der Waals surface area contributed by atoms with Crippen molar-refractivity contribution in [2.45, 2.75) is 6.42 Å². The van der Waals surface area contributed by atoms with E-state index < -0.39 is 0 Å². The Labute approximate surface area is 168 Å². The number of hydrogen-bond donors (Lipinski definition) is 0. The van der Waals surface area contributed by atoms with Gasteiger partial charge in [0, 0.05) is 50.4 Å². The molecule has 1 saturated heterocycles. The van der Waals surface area contributed by atoms with E-state index >= 15 is 0 Å². The number of rotatable bonds is 5. The van der Waals surface area contributed by atoms with Crippen molar-refractivity contribution in [2.75, 3.05) is 37.6 Å². The van der Waals surface area contributed by atoms with Gasteiger partial charge in [-0.25, -0.2) is 4.98 Å². The second kappa shape index (κ2) is 8.33. The summed E-state index contributed by atoms with van der Waals surface area (Å²) in [6, 6.07) is 13.2. The van der Waals surface area contributed by atoms with E-state index in [-0.39, 0.29) is 0 Å². The molecular weight excluding hydrogens is 376 g/mol. The summed E-state index contributed by atoms with van der Waals surface area (Å²) < 4.78 is 0. The fourth-order valence-electron chi connectivity index (χ4n) is 3.15.